The van der Waals surface area contributed by atoms with Gasteiger partial charge in [-0.3, -0.25) is 23.7 Å². The van der Waals surface area contributed by atoms with E-state index in [-0.39, 0.29) is 49.0 Å². The normalized spacial score (nSPS) is 26.4. The number of hydrogen-bond acceptors (Lipinski definition) is 7. The van der Waals surface area contributed by atoms with Crippen LogP contribution in [0.3, 0.4) is 0 Å². The Bertz CT molecular complexity index is 2410. The Morgan fingerprint density at radius 2 is 1.78 bits per heavy atom. The number of nitrogens with zero attached hydrogens (tertiary/aromatic N) is 3. The lowest BCUT2D eigenvalue weighted by Crippen LogP contribution is -2.47. The van der Waals surface area contributed by atoms with Gasteiger partial charge in [-0.25, -0.2) is 17.2 Å². The molecule has 3 heterocycles. The molecule has 3 fully saturated rings. The van der Waals surface area contributed by atoms with Gasteiger partial charge in [0.15, 0.2) is 17.4 Å². The van der Waals surface area contributed by atoms with E-state index < -0.39 is 55.8 Å². The molecule has 4 aliphatic rings. The molecule has 1 N–H and O–H groups in total. The zero-order chi connectivity index (χ0) is 41.7. The number of carbonyl (C=O) groups excluding carboxylic acids is 3. The van der Waals surface area contributed by atoms with Gasteiger partial charge in [-0.15, -0.1) is 0 Å². The van der Waals surface area contributed by atoms with Gasteiger partial charge in [0.25, 0.3) is 6.01 Å². The van der Waals surface area contributed by atoms with Crippen LogP contribution >= 0.6 is 0 Å². The molecule has 1 aromatic heterocycles. The topological polar surface area (TPSA) is 128 Å². The SMILES string of the molecule is CC(C)n1c(O[C@@H]2C[C@H]3C(=O)C[C@]4(C(=O)NS(=O)(=O)C5(C)CC5)C[C@H]4/C=C\CCCCC[C@H](Cc4ccccc4)C(=O)N3C2)nc2c(-c3ccc(F)c(F)c3)cccc21. The van der Waals surface area contributed by atoms with E-state index in [1.165, 1.54) is 6.07 Å². The minimum absolute atomic E-state index is 0.104. The van der Waals surface area contributed by atoms with Gasteiger partial charge in [-0.1, -0.05) is 73.5 Å². The zero-order valence-corrected chi connectivity index (χ0v) is 34.6. The number of carbonyl (C=O) groups is 3. The van der Waals surface area contributed by atoms with E-state index in [1.54, 1.807) is 17.9 Å². The molecule has 1 saturated heterocycles. The van der Waals surface area contributed by atoms with Crippen molar-refractivity contribution in [1.29, 1.82) is 0 Å². The minimum atomic E-state index is -3.95. The standard InChI is InChI=1S/C46H52F2N4O6S/c1-29(2)52-38-18-12-17-35(31-19-20-36(47)37(48)24-31)41(38)49-44(52)58-34-25-39-40(53)27-46(43(55)50-59(56,57)45(3)21-22-45)26-33(46)16-11-6-4-5-10-15-32(42(54)51(39)28-34)23-30-13-8-7-9-14-30/h7-9,11-14,16-20,24,29,32-34,39H,4-6,10,15,21-23,25-28H2,1-3H3,(H,50,55)/b16-11-/t32-,33-,34-,39+,46-/m1/s1. The van der Waals surface area contributed by atoms with Crippen molar-refractivity contribution in [3.63, 3.8) is 0 Å². The molecule has 10 nitrogen and oxygen atoms in total. The number of amides is 2. The van der Waals surface area contributed by atoms with Gasteiger partial charge in [0.2, 0.25) is 21.8 Å². The molecule has 2 aliphatic heterocycles. The molecule has 4 aromatic rings. The number of allylic oxidation sites excluding steroid dienone is 2. The molecule has 2 aliphatic carbocycles. The number of Topliss-reactive ketones (excluding diaryl/α,β-unsaturated/α-hetero) is 1. The fraction of sp³-hybridized carbons (Fsp3) is 0.478. The Kier molecular flexibility index (Phi) is 11.0. The van der Waals surface area contributed by atoms with Gasteiger partial charge in [-0.05, 0) is 101 Å². The van der Waals surface area contributed by atoms with E-state index in [2.05, 4.69) is 4.72 Å². The van der Waals surface area contributed by atoms with Gasteiger partial charge >= 0.3 is 0 Å². The van der Waals surface area contributed by atoms with Crippen molar-refractivity contribution in [3.05, 3.63) is 96.1 Å². The molecule has 13 heteroatoms. The summed E-state index contributed by atoms with van der Waals surface area (Å²) in [4.78, 5) is 50.2. The second kappa shape index (κ2) is 15.9. The lowest BCUT2D eigenvalue weighted by Gasteiger charge is -2.29. The fourth-order valence-electron chi connectivity index (χ4n) is 9.04. The van der Waals surface area contributed by atoms with Gasteiger partial charge in [0.05, 0.1) is 28.3 Å². The maximum atomic E-state index is 14.9. The highest BCUT2D eigenvalue weighted by Crippen LogP contribution is 2.57. The van der Waals surface area contributed by atoms with Crippen LogP contribution in [0.5, 0.6) is 6.01 Å². The van der Waals surface area contributed by atoms with Gasteiger partial charge < -0.3 is 9.64 Å². The number of imidazole rings is 1. The third kappa shape index (κ3) is 8.06. The maximum Gasteiger partial charge on any atom is 0.297 e. The third-order valence-corrected chi connectivity index (χ3v) is 15.2. The first kappa shape index (κ1) is 40.9. The molecular formula is C46H52F2N4O6S. The van der Waals surface area contributed by atoms with E-state index in [4.69, 9.17) is 9.72 Å². The number of sulfonamides is 1. The second-order valence-corrected chi connectivity index (χ2v) is 19.8. The molecular weight excluding hydrogens is 775 g/mol. The monoisotopic (exact) mass is 826 g/mol. The molecule has 312 valence electrons. The number of ketones is 1. The molecule has 5 atom stereocenters. The van der Waals surface area contributed by atoms with Crippen LogP contribution in [0.4, 0.5) is 8.78 Å². The highest BCUT2D eigenvalue weighted by Gasteiger charge is 2.62. The summed E-state index contributed by atoms with van der Waals surface area (Å²) < 4.78 is 64.8. The second-order valence-electron chi connectivity index (χ2n) is 17.6. The van der Waals surface area contributed by atoms with E-state index in [1.807, 2.05) is 73.0 Å². The summed E-state index contributed by atoms with van der Waals surface area (Å²) in [5.74, 6) is -3.75. The van der Waals surface area contributed by atoms with E-state index in [0.29, 0.717) is 48.7 Å². The number of para-hydroxylation sites is 1. The number of rotatable bonds is 9. The van der Waals surface area contributed by atoms with E-state index >= 15 is 0 Å². The largest absolute Gasteiger partial charge is 0.459 e. The Morgan fingerprint density at radius 3 is 2.51 bits per heavy atom. The Hall–Kier alpha value is -4.91. The van der Waals surface area contributed by atoms with E-state index in [0.717, 1.165) is 48.9 Å². The molecule has 0 spiro atoms. The van der Waals surface area contributed by atoms with Crippen LogP contribution in [0, 0.1) is 28.9 Å². The Morgan fingerprint density at radius 1 is 1.00 bits per heavy atom. The quantitative estimate of drug-likeness (QED) is 0.169. The summed E-state index contributed by atoms with van der Waals surface area (Å²) in [5, 5.41) is 0. The highest BCUT2D eigenvalue weighted by molar-refractivity contribution is 7.91. The van der Waals surface area contributed by atoms with E-state index in [9.17, 15) is 31.6 Å². The Balaban J connectivity index is 1.13. The predicted molar refractivity (Wildman–Crippen MR) is 221 cm³/mol. The number of fused-ring (bicyclic) bond motifs is 3. The number of hydrogen-bond donors (Lipinski definition) is 1. The lowest BCUT2D eigenvalue weighted by atomic mass is 9.90. The summed E-state index contributed by atoms with van der Waals surface area (Å²) in [6.45, 7) is 5.68. The predicted octanol–water partition coefficient (Wildman–Crippen LogP) is 8.25. The van der Waals surface area contributed by atoms with Crippen LogP contribution < -0.4 is 9.46 Å². The van der Waals surface area contributed by atoms with Crippen LogP contribution in [-0.4, -0.2) is 63.9 Å². The fourth-order valence-corrected chi connectivity index (χ4v) is 10.4. The van der Waals surface area contributed by atoms with Crippen molar-refractivity contribution in [2.45, 2.75) is 114 Å². The molecule has 2 amide bonds. The van der Waals surface area contributed by atoms with Crippen LogP contribution in [-0.2, 0) is 30.8 Å². The number of ether oxygens (including phenoxy) is 1. The van der Waals surface area contributed by atoms with Crippen molar-refractivity contribution >= 4 is 38.7 Å². The van der Waals surface area contributed by atoms with Crippen LogP contribution in [0.25, 0.3) is 22.2 Å². The first-order valence-corrected chi connectivity index (χ1v) is 22.4. The van der Waals surface area contributed by atoms with Crippen LogP contribution in [0.15, 0.2) is 78.9 Å². The summed E-state index contributed by atoms with van der Waals surface area (Å²) in [6, 6.07) is 18.3. The Labute approximate surface area is 344 Å². The van der Waals surface area contributed by atoms with Gasteiger partial charge in [0, 0.05) is 30.4 Å². The number of nitrogens with one attached hydrogen (secondary N) is 1. The first-order valence-electron chi connectivity index (χ1n) is 20.9. The van der Waals surface area contributed by atoms with Gasteiger partial charge in [-0.2, -0.15) is 4.98 Å². The molecule has 0 radical (unpaired) electrons. The van der Waals surface area contributed by atoms with Crippen molar-refractivity contribution in [2.24, 2.45) is 17.3 Å². The highest BCUT2D eigenvalue weighted by atomic mass is 32.2. The zero-order valence-electron chi connectivity index (χ0n) is 33.8. The molecule has 0 bridgehead atoms. The average Bonchev–Trinajstić information content (AvgIpc) is 4.02. The maximum absolute atomic E-state index is 14.9. The van der Waals surface area contributed by atoms with Crippen molar-refractivity contribution in [1.82, 2.24) is 19.2 Å². The average molecular weight is 827 g/mol. The minimum Gasteiger partial charge on any atom is -0.459 e. The summed E-state index contributed by atoms with van der Waals surface area (Å²) in [5.41, 5.74) is 2.06. The lowest BCUT2D eigenvalue weighted by molar-refractivity contribution is -0.142. The van der Waals surface area contributed by atoms with Crippen LogP contribution in [0.1, 0.15) is 96.6 Å². The number of aromatic nitrogens is 2. The molecule has 0 unspecified atom stereocenters. The summed E-state index contributed by atoms with van der Waals surface area (Å²) in [6.07, 6.45) is 9.11. The number of benzene rings is 3. The first-order chi connectivity index (χ1) is 28.2. The third-order valence-electron chi connectivity index (χ3n) is 13.0. The molecule has 59 heavy (non-hydrogen) atoms. The molecule has 3 aromatic carbocycles. The van der Waals surface area contributed by atoms with Crippen molar-refractivity contribution in [3.8, 4) is 17.1 Å². The molecule has 8 rings (SSSR count). The van der Waals surface area contributed by atoms with Gasteiger partial charge in [0.1, 0.15) is 11.6 Å². The summed E-state index contributed by atoms with van der Waals surface area (Å²) >= 11 is 0. The van der Waals surface area contributed by atoms with Crippen molar-refractivity contribution < 1.29 is 36.3 Å². The molecule has 2 saturated carbocycles. The number of halogens is 2. The summed E-state index contributed by atoms with van der Waals surface area (Å²) in [7, 11) is -3.95. The smallest absolute Gasteiger partial charge is 0.297 e. The van der Waals surface area contributed by atoms with Crippen LogP contribution in [0.2, 0.25) is 0 Å². The van der Waals surface area contributed by atoms with Crippen molar-refractivity contribution in [2.75, 3.05) is 6.54 Å².